The largest absolute Gasteiger partial charge is 0.586 e. The second-order valence-electron chi connectivity index (χ2n) is 10.9. The number of alkyl halides is 2. The number of methoxy groups -OCH3 is 1. The van der Waals surface area contributed by atoms with Crippen LogP contribution >= 0.6 is 0 Å². The smallest absolute Gasteiger partial charge is 0.497 e. The van der Waals surface area contributed by atoms with E-state index in [9.17, 15) is 13.6 Å². The Bertz CT molecular complexity index is 1720. The summed E-state index contributed by atoms with van der Waals surface area (Å²) in [6.07, 6.45) is -3.99. The molecule has 0 spiro atoms. The number of hydrogen-bond donors (Lipinski definition) is 1. The number of halogens is 2. The van der Waals surface area contributed by atoms with Gasteiger partial charge < -0.3 is 33.7 Å². The summed E-state index contributed by atoms with van der Waals surface area (Å²) in [5.74, 6) is 1.10. The van der Waals surface area contributed by atoms with E-state index in [0.717, 1.165) is 11.1 Å². The molecule has 4 aromatic rings. The van der Waals surface area contributed by atoms with Crippen molar-refractivity contribution in [1.29, 1.82) is 0 Å². The monoisotopic (exact) mass is 603 g/mol. The predicted octanol–water partition coefficient (Wildman–Crippen LogP) is 5.42. The van der Waals surface area contributed by atoms with E-state index in [1.54, 1.807) is 38.3 Å². The molecule has 0 fully saturated rings. The second kappa shape index (κ2) is 10.5. The zero-order valence-electron chi connectivity index (χ0n) is 23.7. The van der Waals surface area contributed by atoms with E-state index in [4.69, 9.17) is 18.9 Å². The third kappa shape index (κ3) is 5.06. The van der Waals surface area contributed by atoms with E-state index < -0.39 is 23.9 Å². The van der Waals surface area contributed by atoms with E-state index in [-0.39, 0.29) is 29.8 Å². The molecule has 3 aromatic carbocycles. The van der Waals surface area contributed by atoms with E-state index >= 15 is 0 Å². The summed E-state index contributed by atoms with van der Waals surface area (Å²) in [6.45, 7) is 2.05. The van der Waals surface area contributed by atoms with Gasteiger partial charge in [-0.3, -0.25) is 4.79 Å². The number of nitrogens with zero attached hydrogens (tertiary/aromatic N) is 2. The summed E-state index contributed by atoms with van der Waals surface area (Å²) in [6, 6.07) is 20.8. The highest BCUT2D eigenvalue weighted by molar-refractivity contribution is 5.90. The fourth-order valence-electron chi connectivity index (χ4n) is 5.54. The molecule has 4 heterocycles. The minimum Gasteiger partial charge on any atom is -0.497 e. The van der Waals surface area contributed by atoms with Crippen LogP contribution in [0.3, 0.4) is 0 Å². The van der Waals surface area contributed by atoms with Crippen molar-refractivity contribution < 1.29 is 42.0 Å². The molecule has 3 aliphatic heterocycles. The van der Waals surface area contributed by atoms with Gasteiger partial charge in [-0.2, -0.15) is 0 Å². The topological polar surface area (TPSA) is 110 Å². The van der Waals surface area contributed by atoms with Crippen LogP contribution in [0.25, 0.3) is 0 Å². The molecule has 1 amide bonds. The van der Waals surface area contributed by atoms with E-state index in [2.05, 4.69) is 25.0 Å². The zero-order valence-corrected chi connectivity index (χ0v) is 23.7. The lowest BCUT2D eigenvalue weighted by molar-refractivity contribution is -0.286. The molecule has 0 saturated heterocycles. The highest BCUT2D eigenvalue weighted by Gasteiger charge is 2.49. The maximum absolute atomic E-state index is 13.9. The molecule has 44 heavy (non-hydrogen) atoms. The van der Waals surface area contributed by atoms with Crippen LogP contribution in [0.4, 0.5) is 8.78 Å². The van der Waals surface area contributed by atoms with Gasteiger partial charge in [0.05, 0.1) is 13.2 Å². The maximum Gasteiger partial charge on any atom is 0.586 e. The zero-order chi connectivity index (χ0) is 30.5. The lowest BCUT2D eigenvalue weighted by atomic mass is 9.82. The number of benzene rings is 3. The molecule has 226 valence electrons. The Balaban J connectivity index is 1.12. The SMILES string of the molecule is COc1ccc2c(c1)O[C@@H](c1ccc(OCc3ccccc3)nn1)C[C@H]2NC(=O)C1(C)COc2cc3c(cc21)OC(F)(F)O3. The number of hydrogen-bond acceptors (Lipinski definition) is 9. The molecular weight excluding hydrogens is 576 g/mol. The molecule has 0 saturated carbocycles. The average molecular weight is 604 g/mol. The lowest BCUT2D eigenvalue weighted by Gasteiger charge is -2.34. The highest BCUT2D eigenvalue weighted by Crippen LogP contribution is 2.50. The summed E-state index contributed by atoms with van der Waals surface area (Å²) >= 11 is 0. The van der Waals surface area contributed by atoms with Gasteiger partial charge in [0.1, 0.15) is 47.7 Å². The van der Waals surface area contributed by atoms with Crippen LogP contribution in [0, 0.1) is 0 Å². The standard InChI is InChI=1S/C32H27F2N3O7/c1-31(17-41-25-15-28-27(13-21(25)31)43-32(33,34)44-28)30(38)35-23-14-26(42-24-12-19(39-2)8-9-20(23)24)22-10-11-29(37-36-22)40-16-18-6-4-3-5-7-18/h3-13,15,23,26H,14,16-17H2,1-2H3,(H,35,38)/t23-,26-,31?/m1/s1. The van der Waals surface area contributed by atoms with Crippen molar-refractivity contribution >= 4 is 5.91 Å². The summed E-state index contributed by atoms with van der Waals surface area (Å²) in [5, 5.41) is 11.7. The van der Waals surface area contributed by atoms with Crippen molar-refractivity contribution in [3.05, 3.63) is 95.2 Å². The van der Waals surface area contributed by atoms with Gasteiger partial charge in [-0.15, -0.1) is 19.0 Å². The molecule has 12 heteroatoms. The van der Waals surface area contributed by atoms with Crippen molar-refractivity contribution in [3.8, 4) is 34.6 Å². The van der Waals surface area contributed by atoms with Crippen LogP contribution in [0.2, 0.25) is 0 Å². The molecule has 0 bridgehead atoms. The fraction of sp³-hybridized carbons (Fsp3) is 0.281. The second-order valence-corrected chi connectivity index (χ2v) is 10.9. The Hall–Kier alpha value is -5.13. The van der Waals surface area contributed by atoms with Crippen LogP contribution in [-0.2, 0) is 16.8 Å². The van der Waals surface area contributed by atoms with Crippen LogP contribution in [0.15, 0.2) is 72.8 Å². The van der Waals surface area contributed by atoms with E-state index in [1.165, 1.54) is 12.1 Å². The van der Waals surface area contributed by atoms with E-state index in [0.29, 0.717) is 41.7 Å². The van der Waals surface area contributed by atoms with Gasteiger partial charge in [-0.1, -0.05) is 30.3 Å². The number of carbonyl (C=O) groups is 1. The van der Waals surface area contributed by atoms with Crippen molar-refractivity contribution in [2.24, 2.45) is 0 Å². The molecular formula is C32H27F2N3O7. The Kier molecular flexibility index (Phi) is 6.64. The predicted molar refractivity (Wildman–Crippen MR) is 150 cm³/mol. The fourth-order valence-corrected chi connectivity index (χ4v) is 5.54. The Labute approximate surface area is 250 Å². The normalized spacial score (nSPS) is 22.2. The summed E-state index contributed by atoms with van der Waals surface area (Å²) in [7, 11) is 1.56. The van der Waals surface area contributed by atoms with Gasteiger partial charge >= 0.3 is 6.29 Å². The first kappa shape index (κ1) is 27.7. The first-order chi connectivity index (χ1) is 21.2. The Morgan fingerprint density at radius 3 is 2.52 bits per heavy atom. The van der Waals surface area contributed by atoms with E-state index in [1.807, 2.05) is 36.4 Å². The van der Waals surface area contributed by atoms with Gasteiger partial charge in [-0.05, 0) is 36.8 Å². The first-order valence-corrected chi connectivity index (χ1v) is 13.9. The quantitative estimate of drug-likeness (QED) is 0.296. The van der Waals surface area contributed by atoms with Gasteiger partial charge in [0.2, 0.25) is 11.8 Å². The van der Waals surface area contributed by atoms with Gasteiger partial charge in [0.25, 0.3) is 0 Å². The average Bonchev–Trinajstić information content (AvgIpc) is 3.53. The van der Waals surface area contributed by atoms with Crippen LogP contribution in [-0.4, -0.2) is 36.1 Å². The minimum atomic E-state index is -3.78. The van der Waals surface area contributed by atoms with Gasteiger partial charge in [0.15, 0.2) is 11.5 Å². The first-order valence-electron chi connectivity index (χ1n) is 13.9. The molecule has 0 radical (unpaired) electrons. The molecule has 10 nitrogen and oxygen atoms in total. The molecule has 3 atom stereocenters. The lowest BCUT2D eigenvalue weighted by Crippen LogP contribution is -2.46. The number of amides is 1. The molecule has 1 N–H and O–H groups in total. The number of fused-ring (bicyclic) bond motifs is 3. The molecule has 3 aliphatic rings. The van der Waals surface area contributed by atoms with Crippen LogP contribution in [0.1, 0.15) is 47.9 Å². The third-order valence-corrected chi connectivity index (χ3v) is 7.96. The molecule has 1 unspecified atom stereocenters. The number of ether oxygens (including phenoxy) is 6. The number of aromatic nitrogens is 2. The van der Waals surface area contributed by atoms with Crippen molar-refractivity contribution in [1.82, 2.24) is 15.5 Å². The summed E-state index contributed by atoms with van der Waals surface area (Å²) in [4.78, 5) is 13.9. The third-order valence-electron chi connectivity index (χ3n) is 7.96. The molecule has 1 aromatic heterocycles. The number of carbonyl (C=O) groups excluding carboxylic acids is 1. The molecule has 0 aliphatic carbocycles. The summed E-state index contributed by atoms with van der Waals surface area (Å²) in [5.41, 5.74) is 1.54. The van der Waals surface area contributed by atoms with Gasteiger partial charge in [0, 0.05) is 35.7 Å². The maximum atomic E-state index is 13.9. The Morgan fingerprint density at radius 1 is 0.977 bits per heavy atom. The van der Waals surface area contributed by atoms with Gasteiger partial charge in [-0.25, -0.2) is 0 Å². The number of nitrogens with one attached hydrogen (secondary N) is 1. The minimum absolute atomic E-state index is 0.00545. The number of rotatable bonds is 7. The molecule has 7 rings (SSSR count). The summed E-state index contributed by atoms with van der Waals surface area (Å²) < 4.78 is 59.8. The van der Waals surface area contributed by atoms with Crippen LogP contribution < -0.4 is 33.7 Å². The Morgan fingerprint density at radius 2 is 1.77 bits per heavy atom. The van der Waals surface area contributed by atoms with Crippen LogP contribution in [0.5, 0.6) is 34.6 Å². The van der Waals surface area contributed by atoms with Crippen molar-refractivity contribution in [2.75, 3.05) is 13.7 Å². The van der Waals surface area contributed by atoms with Crippen molar-refractivity contribution in [3.63, 3.8) is 0 Å². The highest BCUT2D eigenvalue weighted by atomic mass is 19.3. The van der Waals surface area contributed by atoms with Crippen molar-refractivity contribution in [2.45, 2.75) is 43.8 Å².